The SMILES string of the molecule is COc1cc(C)c(F)c(Cc2ccc3ncn(-c4ccncc4)c(=O)c3c2)c1. The van der Waals surface area contributed by atoms with Gasteiger partial charge in [-0.25, -0.2) is 9.37 Å². The van der Waals surface area contributed by atoms with E-state index in [0.717, 1.165) is 5.56 Å². The molecule has 0 aliphatic heterocycles. The third kappa shape index (κ3) is 3.24. The first-order chi connectivity index (χ1) is 13.6. The second kappa shape index (κ2) is 7.23. The molecular weight excluding hydrogens is 357 g/mol. The third-order valence-corrected chi connectivity index (χ3v) is 4.70. The van der Waals surface area contributed by atoms with E-state index in [1.807, 2.05) is 6.07 Å². The van der Waals surface area contributed by atoms with Gasteiger partial charge in [-0.3, -0.25) is 14.3 Å². The van der Waals surface area contributed by atoms with E-state index >= 15 is 0 Å². The number of benzene rings is 2. The lowest BCUT2D eigenvalue weighted by atomic mass is 10.0. The zero-order valence-electron chi connectivity index (χ0n) is 15.5. The molecular formula is C22H18FN3O2. The molecule has 2 aromatic heterocycles. The largest absolute Gasteiger partial charge is 0.497 e. The fourth-order valence-corrected chi connectivity index (χ4v) is 3.24. The number of nitrogens with zero attached hydrogens (tertiary/aromatic N) is 3. The maximum atomic E-state index is 14.5. The Balaban J connectivity index is 1.79. The summed E-state index contributed by atoms with van der Waals surface area (Å²) in [6.45, 7) is 1.71. The van der Waals surface area contributed by atoms with Gasteiger partial charge in [-0.1, -0.05) is 6.07 Å². The van der Waals surface area contributed by atoms with Crippen molar-refractivity contribution in [2.24, 2.45) is 0 Å². The number of aromatic nitrogens is 3. The Bertz CT molecular complexity index is 1220. The van der Waals surface area contributed by atoms with Crippen LogP contribution in [0.3, 0.4) is 0 Å². The Hall–Kier alpha value is -3.54. The first kappa shape index (κ1) is 17.9. The molecule has 0 spiro atoms. The van der Waals surface area contributed by atoms with Gasteiger partial charge < -0.3 is 4.74 Å². The van der Waals surface area contributed by atoms with Gasteiger partial charge in [0.05, 0.1) is 23.7 Å². The van der Waals surface area contributed by atoms with Crippen LogP contribution in [0.2, 0.25) is 0 Å². The van der Waals surface area contributed by atoms with Crippen LogP contribution < -0.4 is 10.3 Å². The summed E-state index contributed by atoms with van der Waals surface area (Å²) in [5.41, 5.74) is 2.98. The van der Waals surface area contributed by atoms with Gasteiger partial charge in [0, 0.05) is 18.8 Å². The van der Waals surface area contributed by atoms with E-state index < -0.39 is 0 Å². The highest BCUT2D eigenvalue weighted by Gasteiger charge is 2.11. The van der Waals surface area contributed by atoms with Crippen molar-refractivity contribution < 1.29 is 9.13 Å². The fourth-order valence-electron chi connectivity index (χ4n) is 3.24. The molecule has 0 fully saturated rings. The first-order valence-corrected chi connectivity index (χ1v) is 8.80. The van der Waals surface area contributed by atoms with Crippen molar-refractivity contribution in [2.75, 3.05) is 7.11 Å². The molecule has 2 heterocycles. The van der Waals surface area contributed by atoms with E-state index in [4.69, 9.17) is 4.74 Å². The smallest absolute Gasteiger partial charge is 0.265 e. The molecule has 0 N–H and O–H groups in total. The number of hydrogen-bond acceptors (Lipinski definition) is 4. The van der Waals surface area contributed by atoms with Crippen LogP contribution >= 0.6 is 0 Å². The number of aryl methyl sites for hydroxylation is 1. The lowest BCUT2D eigenvalue weighted by Gasteiger charge is -2.10. The van der Waals surface area contributed by atoms with Crippen molar-refractivity contribution in [3.05, 3.63) is 94.0 Å². The summed E-state index contributed by atoms with van der Waals surface area (Å²) in [7, 11) is 1.56. The summed E-state index contributed by atoms with van der Waals surface area (Å²) < 4.78 is 21.3. The number of fused-ring (bicyclic) bond motifs is 1. The normalized spacial score (nSPS) is 11.0. The summed E-state index contributed by atoms with van der Waals surface area (Å²) >= 11 is 0. The molecule has 4 aromatic rings. The van der Waals surface area contributed by atoms with Gasteiger partial charge in [0.25, 0.3) is 5.56 Å². The number of rotatable bonds is 4. The molecule has 0 aliphatic rings. The number of methoxy groups -OCH3 is 1. The van der Waals surface area contributed by atoms with Crippen LogP contribution in [0.5, 0.6) is 5.75 Å². The van der Waals surface area contributed by atoms with Crippen LogP contribution in [0.15, 0.2) is 66.0 Å². The minimum atomic E-state index is -0.263. The molecule has 0 radical (unpaired) electrons. The van der Waals surface area contributed by atoms with Crippen molar-refractivity contribution in [1.82, 2.24) is 14.5 Å². The summed E-state index contributed by atoms with van der Waals surface area (Å²) in [4.78, 5) is 21.3. The Morgan fingerprint density at radius 2 is 1.89 bits per heavy atom. The van der Waals surface area contributed by atoms with E-state index in [2.05, 4.69) is 9.97 Å². The standard InChI is InChI=1S/C22H18FN3O2/c1-14-9-18(28-2)12-16(21(14)23)10-15-3-4-20-19(11-15)22(27)26(13-25-20)17-5-7-24-8-6-17/h3-9,11-13H,10H2,1-2H3. The van der Waals surface area contributed by atoms with E-state index in [9.17, 15) is 9.18 Å². The van der Waals surface area contributed by atoms with Crippen molar-refractivity contribution in [2.45, 2.75) is 13.3 Å². The molecule has 0 bridgehead atoms. The fraction of sp³-hybridized carbons (Fsp3) is 0.136. The average molecular weight is 375 g/mol. The van der Waals surface area contributed by atoms with Crippen LogP contribution in [0.25, 0.3) is 16.6 Å². The molecule has 6 heteroatoms. The van der Waals surface area contributed by atoms with Crippen molar-refractivity contribution in [1.29, 1.82) is 0 Å². The van der Waals surface area contributed by atoms with Crippen LogP contribution in [0, 0.1) is 12.7 Å². The number of ether oxygens (including phenoxy) is 1. The van der Waals surface area contributed by atoms with Gasteiger partial charge in [-0.05, 0) is 60.0 Å². The zero-order valence-corrected chi connectivity index (χ0v) is 15.5. The highest BCUT2D eigenvalue weighted by atomic mass is 19.1. The van der Waals surface area contributed by atoms with Crippen molar-refractivity contribution >= 4 is 10.9 Å². The van der Waals surface area contributed by atoms with Gasteiger partial charge in [-0.15, -0.1) is 0 Å². The minimum absolute atomic E-state index is 0.180. The summed E-state index contributed by atoms with van der Waals surface area (Å²) in [5.74, 6) is 0.345. The predicted octanol–water partition coefficient (Wildman–Crippen LogP) is 3.83. The highest BCUT2D eigenvalue weighted by Crippen LogP contribution is 2.24. The molecule has 0 unspecified atom stereocenters. The van der Waals surface area contributed by atoms with Gasteiger partial charge >= 0.3 is 0 Å². The van der Waals surface area contributed by atoms with E-state index in [1.54, 1.807) is 62.8 Å². The molecule has 140 valence electrons. The minimum Gasteiger partial charge on any atom is -0.497 e. The average Bonchev–Trinajstić information content (AvgIpc) is 2.72. The van der Waals surface area contributed by atoms with Crippen LogP contribution in [-0.2, 0) is 6.42 Å². The Labute approximate surface area is 161 Å². The topological polar surface area (TPSA) is 57.0 Å². The number of pyridine rings is 1. The quantitative estimate of drug-likeness (QED) is 0.544. The molecule has 0 atom stereocenters. The third-order valence-electron chi connectivity index (χ3n) is 4.70. The predicted molar refractivity (Wildman–Crippen MR) is 106 cm³/mol. The summed E-state index contributed by atoms with van der Waals surface area (Å²) in [6, 6.07) is 12.3. The zero-order chi connectivity index (χ0) is 19.7. The second-order valence-corrected chi connectivity index (χ2v) is 6.57. The monoisotopic (exact) mass is 375 g/mol. The van der Waals surface area contributed by atoms with Crippen LogP contribution in [-0.4, -0.2) is 21.6 Å². The number of halogens is 1. The van der Waals surface area contributed by atoms with E-state index in [1.165, 1.54) is 10.9 Å². The van der Waals surface area contributed by atoms with E-state index in [-0.39, 0.29) is 11.4 Å². The summed E-state index contributed by atoms with van der Waals surface area (Å²) in [5, 5.41) is 0.483. The molecule has 0 amide bonds. The molecule has 4 rings (SSSR count). The Morgan fingerprint density at radius 1 is 1.11 bits per heavy atom. The van der Waals surface area contributed by atoms with E-state index in [0.29, 0.717) is 39.9 Å². The van der Waals surface area contributed by atoms with Gasteiger partial charge in [-0.2, -0.15) is 0 Å². The molecule has 2 aromatic carbocycles. The Morgan fingerprint density at radius 3 is 2.64 bits per heavy atom. The summed E-state index contributed by atoms with van der Waals surface area (Å²) in [6.07, 6.45) is 5.10. The molecule has 5 nitrogen and oxygen atoms in total. The lowest BCUT2D eigenvalue weighted by Crippen LogP contribution is -2.19. The number of hydrogen-bond donors (Lipinski definition) is 0. The van der Waals surface area contributed by atoms with Gasteiger partial charge in [0.1, 0.15) is 17.9 Å². The second-order valence-electron chi connectivity index (χ2n) is 6.57. The molecule has 0 aliphatic carbocycles. The van der Waals surface area contributed by atoms with Crippen molar-refractivity contribution in [3.63, 3.8) is 0 Å². The van der Waals surface area contributed by atoms with Crippen LogP contribution in [0.1, 0.15) is 16.7 Å². The van der Waals surface area contributed by atoms with Gasteiger partial charge in [0.2, 0.25) is 0 Å². The maximum Gasteiger partial charge on any atom is 0.265 e. The molecule has 28 heavy (non-hydrogen) atoms. The first-order valence-electron chi connectivity index (χ1n) is 8.80. The maximum absolute atomic E-state index is 14.5. The van der Waals surface area contributed by atoms with Crippen molar-refractivity contribution in [3.8, 4) is 11.4 Å². The van der Waals surface area contributed by atoms with Crippen LogP contribution in [0.4, 0.5) is 4.39 Å². The lowest BCUT2D eigenvalue weighted by molar-refractivity contribution is 0.412. The molecule has 0 saturated carbocycles. The highest BCUT2D eigenvalue weighted by molar-refractivity contribution is 5.78. The van der Waals surface area contributed by atoms with Gasteiger partial charge in [0.15, 0.2) is 0 Å². The molecule has 0 saturated heterocycles. The Kier molecular flexibility index (Phi) is 4.61.